The number of nitrogen functional groups attached to an aromatic ring is 1. The van der Waals surface area contributed by atoms with E-state index in [1.54, 1.807) is 24.3 Å². The lowest BCUT2D eigenvalue weighted by Gasteiger charge is -2.03. The summed E-state index contributed by atoms with van der Waals surface area (Å²) in [6.07, 6.45) is 0. The van der Waals surface area contributed by atoms with E-state index >= 15 is 0 Å². The van der Waals surface area contributed by atoms with Gasteiger partial charge in [-0.2, -0.15) is 0 Å². The SMILES string of the molecule is Cc1cccc(CS(=O)c2ccc(N)cc2)n1. The van der Waals surface area contributed by atoms with Crippen LogP contribution in [-0.4, -0.2) is 9.19 Å². The van der Waals surface area contributed by atoms with Crippen LogP contribution < -0.4 is 5.73 Å². The van der Waals surface area contributed by atoms with E-state index < -0.39 is 10.8 Å². The Morgan fingerprint density at radius 3 is 2.53 bits per heavy atom. The van der Waals surface area contributed by atoms with Gasteiger partial charge in [-0.25, -0.2) is 0 Å². The summed E-state index contributed by atoms with van der Waals surface area (Å²) in [5, 5.41) is 0. The van der Waals surface area contributed by atoms with E-state index in [4.69, 9.17) is 5.73 Å². The second kappa shape index (κ2) is 5.10. The highest BCUT2D eigenvalue weighted by atomic mass is 32.2. The quantitative estimate of drug-likeness (QED) is 0.845. The van der Waals surface area contributed by atoms with Gasteiger partial charge in [-0.05, 0) is 43.3 Å². The summed E-state index contributed by atoms with van der Waals surface area (Å²) in [4.78, 5) is 5.12. The molecule has 0 saturated heterocycles. The molecular weight excluding hydrogens is 232 g/mol. The van der Waals surface area contributed by atoms with Crippen LogP contribution in [0.4, 0.5) is 5.69 Å². The van der Waals surface area contributed by atoms with Gasteiger partial charge in [0.05, 0.1) is 22.2 Å². The third-order valence-corrected chi connectivity index (χ3v) is 3.72. The molecule has 0 aliphatic carbocycles. The van der Waals surface area contributed by atoms with Crippen LogP contribution in [0.2, 0.25) is 0 Å². The van der Waals surface area contributed by atoms with Gasteiger partial charge in [0, 0.05) is 16.3 Å². The van der Waals surface area contributed by atoms with Gasteiger partial charge < -0.3 is 5.73 Å². The minimum absolute atomic E-state index is 0.436. The molecule has 0 aliphatic heterocycles. The zero-order valence-electron chi connectivity index (χ0n) is 9.59. The lowest BCUT2D eigenvalue weighted by molar-refractivity contribution is 0.682. The molecule has 17 heavy (non-hydrogen) atoms. The fourth-order valence-electron chi connectivity index (χ4n) is 1.52. The van der Waals surface area contributed by atoms with Crippen LogP contribution >= 0.6 is 0 Å². The summed E-state index contributed by atoms with van der Waals surface area (Å²) in [5.41, 5.74) is 8.06. The van der Waals surface area contributed by atoms with Crippen molar-refractivity contribution < 1.29 is 4.21 Å². The fourth-order valence-corrected chi connectivity index (χ4v) is 2.55. The molecule has 2 aromatic rings. The van der Waals surface area contributed by atoms with Gasteiger partial charge in [0.1, 0.15) is 0 Å². The number of nitrogens with two attached hydrogens (primary N) is 1. The number of aryl methyl sites for hydroxylation is 1. The Balaban J connectivity index is 2.14. The van der Waals surface area contributed by atoms with Gasteiger partial charge in [-0.1, -0.05) is 6.07 Å². The zero-order chi connectivity index (χ0) is 12.3. The van der Waals surface area contributed by atoms with Gasteiger partial charge in [-0.15, -0.1) is 0 Å². The summed E-state index contributed by atoms with van der Waals surface area (Å²) in [5.74, 6) is 0.436. The maximum Gasteiger partial charge on any atom is 0.0705 e. The van der Waals surface area contributed by atoms with Crippen LogP contribution in [0.1, 0.15) is 11.4 Å². The Hall–Kier alpha value is -1.68. The molecule has 1 aromatic carbocycles. The van der Waals surface area contributed by atoms with E-state index in [1.807, 2.05) is 25.1 Å². The lowest BCUT2D eigenvalue weighted by atomic mass is 10.3. The predicted octanol–water partition coefficient (Wildman–Crippen LogP) is 2.28. The Morgan fingerprint density at radius 2 is 1.88 bits per heavy atom. The van der Waals surface area contributed by atoms with Crippen molar-refractivity contribution in [3.63, 3.8) is 0 Å². The molecule has 0 bridgehead atoms. The molecule has 1 aromatic heterocycles. The minimum atomic E-state index is -1.07. The summed E-state index contributed by atoms with van der Waals surface area (Å²) >= 11 is 0. The summed E-state index contributed by atoms with van der Waals surface area (Å²) in [6, 6.07) is 12.9. The molecule has 0 saturated carbocycles. The third kappa shape index (κ3) is 3.14. The second-order valence-corrected chi connectivity index (χ2v) is 5.28. The van der Waals surface area contributed by atoms with Gasteiger partial charge >= 0.3 is 0 Å². The fraction of sp³-hybridized carbons (Fsp3) is 0.154. The topological polar surface area (TPSA) is 56.0 Å². The van der Waals surface area contributed by atoms with Crippen molar-refractivity contribution in [2.75, 3.05) is 5.73 Å². The monoisotopic (exact) mass is 246 g/mol. The minimum Gasteiger partial charge on any atom is -0.399 e. The van der Waals surface area contributed by atoms with Crippen molar-refractivity contribution in [3.05, 3.63) is 53.9 Å². The Morgan fingerprint density at radius 1 is 1.18 bits per heavy atom. The molecule has 0 fully saturated rings. The van der Waals surface area contributed by atoms with Crippen molar-refractivity contribution in [1.29, 1.82) is 0 Å². The number of hydrogen-bond acceptors (Lipinski definition) is 3. The van der Waals surface area contributed by atoms with Crippen molar-refractivity contribution in [2.24, 2.45) is 0 Å². The number of pyridine rings is 1. The molecule has 0 amide bonds. The van der Waals surface area contributed by atoms with Crippen LogP contribution in [0.5, 0.6) is 0 Å². The van der Waals surface area contributed by atoms with E-state index in [1.165, 1.54) is 0 Å². The standard InChI is InChI=1S/C13H14N2OS/c1-10-3-2-4-12(15-10)9-17(16)13-7-5-11(14)6-8-13/h2-8H,9,14H2,1H3. The molecule has 1 heterocycles. The van der Waals surface area contributed by atoms with Gasteiger partial charge in [0.2, 0.25) is 0 Å². The van der Waals surface area contributed by atoms with E-state index in [-0.39, 0.29) is 0 Å². The second-order valence-electron chi connectivity index (χ2n) is 3.83. The average molecular weight is 246 g/mol. The smallest absolute Gasteiger partial charge is 0.0705 e. The highest BCUT2D eigenvalue weighted by Crippen LogP contribution is 2.13. The van der Waals surface area contributed by atoms with Crippen molar-refractivity contribution in [1.82, 2.24) is 4.98 Å². The normalized spacial score (nSPS) is 12.3. The molecule has 1 atom stereocenters. The molecule has 0 aliphatic rings. The number of aromatic nitrogens is 1. The van der Waals surface area contributed by atoms with Gasteiger partial charge in [-0.3, -0.25) is 9.19 Å². The molecule has 2 rings (SSSR count). The molecule has 0 spiro atoms. The molecule has 0 radical (unpaired) electrons. The van der Waals surface area contributed by atoms with Crippen LogP contribution in [0.25, 0.3) is 0 Å². The van der Waals surface area contributed by atoms with E-state index in [2.05, 4.69) is 4.98 Å². The zero-order valence-corrected chi connectivity index (χ0v) is 10.4. The Labute approximate surface area is 103 Å². The first-order chi connectivity index (χ1) is 8.15. The maximum absolute atomic E-state index is 12.1. The molecule has 3 nitrogen and oxygen atoms in total. The van der Waals surface area contributed by atoms with Gasteiger partial charge in [0.25, 0.3) is 0 Å². The number of anilines is 1. The molecule has 1 unspecified atom stereocenters. The number of benzene rings is 1. The third-order valence-electron chi connectivity index (χ3n) is 2.37. The maximum atomic E-state index is 12.1. The van der Waals surface area contributed by atoms with Gasteiger partial charge in [0.15, 0.2) is 0 Å². The van der Waals surface area contributed by atoms with Crippen molar-refractivity contribution in [3.8, 4) is 0 Å². The van der Waals surface area contributed by atoms with Crippen LogP contribution in [0.3, 0.4) is 0 Å². The first-order valence-electron chi connectivity index (χ1n) is 5.31. The molecule has 2 N–H and O–H groups in total. The molecule has 4 heteroatoms. The van der Waals surface area contributed by atoms with Crippen molar-refractivity contribution >= 4 is 16.5 Å². The van der Waals surface area contributed by atoms with E-state index in [0.717, 1.165) is 16.3 Å². The number of hydrogen-bond donors (Lipinski definition) is 1. The highest BCUT2D eigenvalue weighted by Gasteiger charge is 2.05. The first-order valence-corrected chi connectivity index (χ1v) is 6.63. The summed E-state index contributed by atoms with van der Waals surface area (Å²) in [7, 11) is -1.07. The number of rotatable bonds is 3. The number of nitrogens with zero attached hydrogens (tertiary/aromatic N) is 1. The Bertz CT molecular complexity index is 537. The van der Waals surface area contributed by atoms with Crippen LogP contribution in [0, 0.1) is 6.92 Å². The molecule has 88 valence electrons. The average Bonchev–Trinajstić information content (AvgIpc) is 2.29. The molecular formula is C13H14N2OS. The highest BCUT2D eigenvalue weighted by molar-refractivity contribution is 7.84. The Kier molecular flexibility index (Phi) is 3.54. The lowest BCUT2D eigenvalue weighted by Crippen LogP contribution is -1.99. The summed E-state index contributed by atoms with van der Waals surface area (Å²) < 4.78 is 12.1. The van der Waals surface area contributed by atoms with E-state index in [0.29, 0.717) is 11.4 Å². The van der Waals surface area contributed by atoms with Crippen molar-refractivity contribution in [2.45, 2.75) is 17.6 Å². The van der Waals surface area contributed by atoms with Crippen LogP contribution in [0.15, 0.2) is 47.4 Å². The first kappa shape index (κ1) is 11.8. The predicted molar refractivity (Wildman–Crippen MR) is 69.9 cm³/mol. The largest absolute Gasteiger partial charge is 0.399 e. The summed E-state index contributed by atoms with van der Waals surface area (Å²) in [6.45, 7) is 1.93. The van der Waals surface area contributed by atoms with Crippen LogP contribution in [-0.2, 0) is 16.6 Å². The van der Waals surface area contributed by atoms with E-state index in [9.17, 15) is 4.21 Å².